The van der Waals surface area contributed by atoms with E-state index in [1.165, 1.54) is 11.1 Å². The summed E-state index contributed by atoms with van der Waals surface area (Å²) in [6.45, 7) is 10.0. The van der Waals surface area contributed by atoms with Gasteiger partial charge in [0.15, 0.2) is 0 Å². The molecule has 2 heterocycles. The second-order valence-corrected chi connectivity index (χ2v) is 8.07. The fourth-order valence-corrected chi connectivity index (χ4v) is 3.20. The van der Waals surface area contributed by atoms with Crippen LogP contribution in [0.15, 0.2) is 53.3 Å². The predicted molar refractivity (Wildman–Crippen MR) is 107 cm³/mol. The Morgan fingerprint density at radius 1 is 1.04 bits per heavy atom. The third-order valence-electron chi connectivity index (χ3n) is 4.64. The van der Waals surface area contributed by atoms with Gasteiger partial charge in [0.2, 0.25) is 0 Å². The quantitative estimate of drug-likeness (QED) is 0.716. The molecule has 2 aromatic heterocycles. The van der Waals surface area contributed by atoms with Gasteiger partial charge in [0.1, 0.15) is 5.65 Å². The highest BCUT2D eigenvalue weighted by molar-refractivity contribution is 5.40. The van der Waals surface area contributed by atoms with Crippen LogP contribution in [0.5, 0.6) is 0 Å². The first-order valence-electron chi connectivity index (χ1n) is 9.00. The molecule has 1 aromatic carbocycles. The van der Waals surface area contributed by atoms with Crippen LogP contribution in [0.25, 0.3) is 5.65 Å². The summed E-state index contributed by atoms with van der Waals surface area (Å²) in [6, 6.07) is 16.1. The number of aryl methyl sites for hydroxylation is 1. The zero-order valence-corrected chi connectivity index (χ0v) is 16.3. The number of benzene rings is 1. The van der Waals surface area contributed by atoms with Gasteiger partial charge < -0.3 is 0 Å². The molecule has 0 unspecified atom stereocenters. The number of pyridine rings is 1. The maximum Gasteiger partial charge on any atom is 0.258 e. The highest BCUT2D eigenvalue weighted by Crippen LogP contribution is 2.22. The number of aromatic nitrogens is 2. The van der Waals surface area contributed by atoms with Gasteiger partial charge in [-0.05, 0) is 42.6 Å². The molecule has 0 aliphatic heterocycles. The smallest absolute Gasteiger partial charge is 0.258 e. The van der Waals surface area contributed by atoms with Crippen LogP contribution in [-0.2, 0) is 18.5 Å². The van der Waals surface area contributed by atoms with Crippen LogP contribution >= 0.6 is 0 Å². The number of nitrogens with zero attached hydrogens (tertiary/aromatic N) is 3. The molecule has 0 aliphatic rings. The molecule has 136 valence electrons. The largest absolute Gasteiger partial charge is 0.296 e. The molecule has 0 N–H and O–H groups in total. The van der Waals surface area contributed by atoms with Crippen LogP contribution in [0.3, 0.4) is 0 Å². The Bertz CT molecular complexity index is 965. The molecule has 0 aliphatic carbocycles. The molecule has 3 rings (SSSR count). The Labute approximate surface area is 155 Å². The van der Waals surface area contributed by atoms with Crippen molar-refractivity contribution in [3.8, 4) is 0 Å². The third-order valence-corrected chi connectivity index (χ3v) is 4.64. The van der Waals surface area contributed by atoms with E-state index in [1.807, 2.05) is 25.1 Å². The summed E-state index contributed by atoms with van der Waals surface area (Å²) < 4.78 is 1.65. The van der Waals surface area contributed by atoms with Crippen molar-refractivity contribution >= 4 is 5.65 Å². The molecule has 0 radical (unpaired) electrons. The standard InChI is InChI=1S/C22H27N3O/c1-16-7-6-8-20-23-19(13-21(26)25(16)20)15-24(5)14-17-9-11-18(12-10-17)22(2,3)4/h6-13H,14-15H2,1-5H3. The molecular formula is C22H27N3O. The van der Waals surface area contributed by atoms with Gasteiger partial charge in [-0.3, -0.25) is 14.1 Å². The fourth-order valence-electron chi connectivity index (χ4n) is 3.20. The average Bonchev–Trinajstić information content (AvgIpc) is 2.54. The number of rotatable bonds is 4. The van der Waals surface area contributed by atoms with Gasteiger partial charge in [-0.15, -0.1) is 0 Å². The van der Waals surface area contributed by atoms with Gasteiger partial charge in [-0.25, -0.2) is 4.98 Å². The molecule has 4 nitrogen and oxygen atoms in total. The van der Waals surface area contributed by atoms with Gasteiger partial charge in [0, 0.05) is 24.8 Å². The van der Waals surface area contributed by atoms with E-state index >= 15 is 0 Å². The van der Waals surface area contributed by atoms with Crippen LogP contribution < -0.4 is 5.56 Å². The highest BCUT2D eigenvalue weighted by Gasteiger charge is 2.13. The lowest BCUT2D eigenvalue weighted by Crippen LogP contribution is -2.22. The van der Waals surface area contributed by atoms with Crippen molar-refractivity contribution in [1.82, 2.24) is 14.3 Å². The first-order chi connectivity index (χ1) is 12.2. The van der Waals surface area contributed by atoms with E-state index in [-0.39, 0.29) is 11.0 Å². The molecule has 26 heavy (non-hydrogen) atoms. The topological polar surface area (TPSA) is 37.6 Å². The average molecular weight is 349 g/mol. The Hall–Kier alpha value is -2.46. The lowest BCUT2D eigenvalue weighted by Gasteiger charge is -2.20. The molecule has 0 spiro atoms. The van der Waals surface area contributed by atoms with Gasteiger partial charge >= 0.3 is 0 Å². The van der Waals surface area contributed by atoms with E-state index < -0.39 is 0 Å². The molecule has 0 saturated heterocycles. The van der Waals surface area contributed by atoms with Crippen molar-refractivity contribution in [1.29, 1.82) is 0 Å². The van der Waals surface area contributed by atoms with Gasteiger partial charge in [0.05, 0.1) is 5.69 Å². The second kappa shape index (κ2) is 7.04. The van der Waals surface area contributed by atoms with E-state index in [1.54, 1.807) is 10.5 Å². The summed E-state index contributed by atoms with van der Waals surface area (Å²) in [6.07, 6.45) is 0. The summed E-state index contributed by atoms with van der Waals surface area (Å²) in [5.41, 5.74) is 5.15. The van der Waals surface area contributed by atoms with Crippen LogP contribution in [0, 0.1) is 6.92 Å². The monoisotopic (exact) mass is 349 g/mol. The summed E-state index contributed by atoms with van der Waals surface area (Å²) in [5.74, 6) is 0. The van der Waals surface area contributed by atoms with Crippen molar-refractivity contribution in [3.63, 3.8) is 0 Å². The first-order valence-corrected chi connectivity index (χ1v) is 9.00. The Morgan fingerprint density at radius 3 is 2.38 bits per heavy atom. The van der Waals surface area contributed by atoms with Crippen LogP contribution in [-0.4, -0.2) is 21.3 Å². The van der Waals surface area contributed by atoms with Crippen molar-refractivity contribution in [2.24, 2.45) is 0 Å². The van der Waals surface area contributed by atoms with Gasteiger partial charge in [-0.1, -0.05) is 51.1 Å². The Balaban J connectivity index is 1.75. The first kappa shape index (κ1) is 18.3. The molecule has 4 heteroatoms. The SMILES string of the molecule is Cc1cccc2nc(CN(C)Cc3ccc(C(C)(C)C)cc3)cc(=O)n12. The summed E-state index contributed by atoms with van der Waals surface area (Å²) in [7, 11) is 2.05. The normalized spacial score (nSPS) is 12.1. The molecule has 0 amide bonds. The Morgan fingerprint density at radius 2 is 1.73 bits per heavy atom. The zero-order chi connectivity index (χ0) is 18.9. The fraction of sp³-hybridized carbons (Fsp3) is 0.364. The molecule has 0 fully saturated rings. The summed E-state index contributed by atoms with van der Waals surface area (Å²) in [4.78, 5) is 19.2. The van der Waals surface area contributed by atoms with Crippen molar-refractivity contribution in [3.05, 3.63) is 81.4 Å². The third kappa shape index (κ3) is 4.02. The highest BCUT2D eigenvalue weighted by atomic mass is 16.1. The molecule has 0 atom stereocenters. The summed E-state index contributed by atoms with van der Waals surface area (Å²) in [5, 5.41) is 0. The number of fused-ring (bicyclic) bond motifs is 1. The zero-order valence-electron chi connectivity index (χ0n) is 16.3. The minimum Gasteiger partial charge on any atom is -0.296 e. The summed E-state index contributed by atoms with van der Waals surface area (Å²) >= 11 is 0. The van der Waals surface area contributed by atoms with Gasteiger partial charge in [-0.2, -0.15) is 0 Å². The Kier molecular flexibility index (Phi) is 4.97. The minimum absolute atomic E-state index is 0.0222. The predicted octanol–water partition coefficient (Wildman–Crippen LogP) is 3.93. The molecule has 0 saturated carbocycles. The second-order valence-electron chi connectivity index (χ2n) is 8.07. The maximum atomic E-state index is 12.4. The van der Waals surface area contributed by atoms with Gasteiger partial charge in [0.25, 0.3) is 5.56 Å². The number of hydrogen-bond acceptors (Lipinski definition) is 3. The van der Waals surface area contributed by atoms with Crippen molar-refractivity contribution in [2.45, 2.75) is 46.2 Å². The van der Waals surface area contributed by atoms with Crippen LogP contribution in [0.2, 0.25) is 0 Å². The van der Waals surface area contributed by atoms with Crippen molar-refractivity contribution in [2.75, 3.05) is 7.05 Å². The molecular weight excluding hydrogens is 322 g/mol. The van der Waals surface area contributed by atoms with E-state index in [0.29, 0.717) is 12.2 Å². The lowest BCUT2D eigenvalue weighted by atomic mass is 9.87. The van der Waals surface area contributed by atoms with E-state index in [4.69, 9.17) is 0 Å². The van der Waals surface area contributed by atoms with Crippen LogP contribution in [0.1, 0.15) is 43.3 Å². The van der Waals surface area contributed by atoms with E-state index in [0.717, 1.165) is 17.9 Å². The van der Waals surface area contributed by atoms with E-state index in [2.05, 4.69) is 62.0 Å². The van der Waals surface area contributed by atoms with Crippen molar-refractivity contribution < 1.29 is 0 Å². The maximum absolute atomic E-state index is 12.4. The van der Waals surface area contributed by atoms with E-state index in [9.17, 15) is 4.79 Å². The lowest BCUT2D eigenvalue weighted by molar-refractivity contribution is 0.315. The van der Waals surface area contributed by atoms with Crippen LogP contribution in [0.4, 0.5) is 0 Å². The number of hydrogen-bond donors (Lipinski definition) is 0. The molecule has 3 aromatic rings. The molecule has 0 bridgehead atoms. The minimum atomic E-state index is -0.0222.